The van der Waals surface area contributed by atoms with Gasteiger partial charge in [-0.1, -0.05) is 19.3 Å². The van der Waals surface area contributed by atoms with Gasteiger partial charge in [0.1, 0.15) is 5.76 Å². The maximum Gasteiger partial charge on any atom is 0.235 e. The number of amides is 1. The van der Waals surface area contributed by atoms with E-state index < -0.39 is 0 Å². The van der Waals surface area contributed by atoms with Crippen LogP contribution in [-0.2, 0) is 10.5 Å². The highest BCUT2D eigenvalue weighted by atomic mass is 32.2. The minimum Gasteiger partial charge on any atom is -0.468 e. The molecule has 4 heteroatoms. The number of carbonyl (C=O) groups excluding carboxylic acids is 1. The molecule has 0 N–H and O–H groups in total. The fourth-order valence-electron chi connectivity index (χ4n) is 2.61. The van der Waals surface area contributed by atoms with Crippen LogP contribution < -0.4 is 0 Å². The first-order valence-corrected chi connectivity index (χ1v) is 8.14. The van der Waals surface area contributed by atoms with Crippen LogP contribution in [0.5, 0.6) is 0 Å². The summed E-state index contributed by atoms with van der Waals surface area (Å²) in [5.41, 5.74) is 0. The summed E-state index contributed by atoms with van der Waals surface area (Å²) in [7, 11) is 1.96. The van der Waals surface area contributed by atoms with Crippen molar-refractivity contribution in [3.05, 3.63) is 24.2 Å². The molecule has 1 unspecified atom stereocenters. The molecule has 1 saturated carbocycles. The van der Waals surface area contributed by atoms with E-state index in [2.05, 4.69) is 0 Å². The predicted octanol–water partition coefficient (Wildman–Crippen LogP) is 3.69. The SMILES string of the molecule is CC(SCc1ccco1)C(=O)N(C)C1CCCCC1. The van der Waals surface area contributed by atoms with Gasteiger partial charge in [-0.3, -0.25) is 4.79 Å². The molecule has 1 aliphatic carbocycles. The van der Waals surface area contributed by atoms with E-state index in [4.69, 9.17) is 4.42 Å². The van der Waals surface area contributed by atoms with Crippen molar-refractivity contribution in [2.24, 2.45) is 0 Å². The predicted molar refractivity (Wildman–Crippen MR) is 79.1 cm³/mol. The topological polar surface area (TPSA) is 33.5 Å². The summed E-state index contributed by atoms with van der Waals surface area (Å²) in [6, 6.07) is 4.29. The zero-order valence-electron chi connectivity index (χ0n) is 11.8. The Morgan fingerprint density at radius 2 is 2.21 bits per heavy atom. The minimum absolute atomic E-state index is 0.00275. The number of nitrogens with zero attached hydrogens (tertiary/aromatic N) is 1. The highest BCUT2D eigenvalue weighted by Crippen LogP contribution is 2.25. The molecular formula is C15H23NO2S. The summed E-state index contributed by atoms with van der Waals surface area (Å²) >= 11 is 1.65. The molecular weight excluding hydrogens is 258 g/mol. The van der Waals surface area contributed by atoms with Gasteiger partial charge in [0.25, 0.3) is 0 Å². The van der Waals surface area contributed by atoms with Crippen LogP contribution in [0.4, 0.5) is 0 Å². The average molecular weight is 281 g/mol. The van der Waals surface area contributed by atoms with Gasteiger partial charge >= 0.3 is 0 Å². The van der Waals surface area contributed by atoms with Gasteiger partial charge in [0, 0.05) is 13.1 Å². The number of furan rings is 1. The average Bonchev–Trinajstić information content (AvgIpc) is 2.97. The maximum absolute atomic E-state index is 12.4. The lowest BCUT2D eigenvalue weighted by atomic mass is 9.94. The van der Waals surface area contributed by atoms with E-state index in [1.54, 1.807) is 18.0 Å². The first-order chi connectivity index (χ1) is 9.18. The molecule has 3 nitrogen and oxygen atoms in total. The third-order valence-corrected chi connectivity index (χ3v) is 5.03. The molecule has 1 fully saturated rings. The molecule has 1 heterocycles. The summed E-state index contributed by atoms with van der Waals surface area (Å²) < 4.78 is 5.29. The van der Waals surface area contributed by atoms with Gasteiger partial charge in [0.15, 0.2) is 0 Å². The molecule has 2 rings (SSSR count). The molecule has 1 aromatic heterocycles. The van der Waals surface area contributed by atoms with Gasteiger partial charge in [-0.05, 0) is 31.9 Å². The van der Waals surface area contributed by atoms with Crippen LogP contribution >= 0.6 is 11.8 Å². The summed E-state index contributed by atoms with van der Waals surface area (Å²) in [4.78, 5) is 14.3. The van der Waals surface area contributed by atoms with Crippen molar-refractivity contribution in [1.29, 1.82) is 0 Å². The summed E-state index contributed by atoms with van der Waals surface area (Å²) in [5, 5.41) is -0.00275. The van der Waals surface area contributed by atoms with Crippen LogP contribution in [0.15, 0.2) is 22.8 Å². The summed E-state index contributed by atoms with van der Waals surface area (Å²) in [6.07, 6.45) is 7.85. The highest BCUT2D eigenvalue weighted by molar-refractivity contribution is 7.99. The van der Waals surface area contributed by atoms with Gasteiger partial charge in [0.05, 0.1) is 17.3 Å². The quantitative estimate of drug-likeness (QED) is 0.825. The third-order valence-electron chi connectivity index (χ3n) is 3.87. The zero-order valence-corrected chi connectivity index (χ0v) is 12.6. The zero-order chi connectivity index (χ0) is 13.7. The molecule has 1 aromatic rings. The Labute approximate surface area is 119 Å². The largest absolute Gasteiger partial charge is 0.468 e. The van der Waals surface area contributed by atoms with Crippen LogP contribution in [0, 0.1) is 0 Å². The number of hydrogen-bond donors (Lipinski definition) is 0. The lowest BCUT2D eigenvalue weighted by Gasteiger charge is -2.32. The van der Waals surface area contributed by atoms with Crippen LogP contribution in [0.3, 0.4) is 0 Å². The number of hydrogen-bond acceptors (Lipinski definition) is 3. The van der Waals surface area contributed by atoms with Crippen LogP contribution in [0.25, 0.3) is 0 Å². The molecule has 19 heavy (non-hydrogen) atoms. The van der Waals surface area contributed by atoms with Crippen molar-refractivity contribution in [2.45, 2.75) is 56.1 Å². The maximum atomic E-state index is 12.4. The van der Waals surface area contributed by atoms with E-state index in [-0.39, 0.29) is 11.2 Å². The van der Waals surface area contributed by atoms with Gasteiger partial charge in [-0.2, -0.15) is 0 Å². The molecule has 0 saturated heterocycles. The monoisotopic (exact) mass is 281 g/mol. The lowest BCUT2D eigenvalue weighted by molar-refractivity contribution is -0.131. The fraction of sp³-hybridized carbons (Fsp3) is 0.667. The first kappa shape index (κ1) is 14.5. The van der Waals surface area contributed by atoms with Gasteiger partial charge in [0.2, 0.25) is 5.91 Å². The van der Waals surface area contributed by atoms with E-state index >= 15 is 0 Å². The number of thioether (sulfide) groups is 1. The summed E-state index contributed by atoms with van der Waals surface area (Å²) in [5.74, 6) is 1.95. The lowest BCUT2D eigenvalue weighted by Crippen LogP contribution is -2.42. The van der Waals surface area contributed by atoms with Crippen LogP contribution in [-0.4, -0.2) is 29.1 Å². The summed E-state index contributed by atoms with van der Waals surface area (Å²) in [6.45, 7) is 2.00. The van der Waals surface area contributed by atoms with Gasteiger partial charge in [-0.25, -0.2) is 0 Å². The highest BCUT2D eigenvalue weighted by Gasteiger charge is 2.25. The number of carbonyl (C=O) groups is 1. The molecule has 1 amide bonds. The van der Waals surface area contributed by atoms with E-state index in [9.17, 15) is 4.79 Å². The minimum atomic E-state index is -0.00275. The van der Waals surface area contributed by atoms with Crippen molar-refractivity contribution in [3.8, 4) is 0 Å². The van der Waals surface area contributed by atoms with Gasteiger partial charge in [-0.15, -0.1) is 11.8 Å². The molecule has 0 radical (unpaired) electrons. The van der Waals surface area contributed by atoms with Crippen molar-refractivity contribution in [3.63, 3.8) is 0 Å². The Kier molecular flexibility index (Phi) is 5.37. The van der Waals surface area contributed by atoms with Crippen molar-refractivity contribution in [2.75, 3.05) is 7.05 Å². The molecule has 0 aromatic carbocycles. The van der Waals surface area contributed by atoms with E-state index in [0.717, 1.165) is 24.4 Å². The Hall–Kier alpha value is -0.900. The second-order valence-corrected chi connectivity index (χ2v) is 6.60. The second-order valence-electron chi connectivity index (χ2n) is 5.27. The standard InChI is InChI=1S/C15H23NO2S/c1-12(19-11-14-9-6-10-18-14)15(17)16(2)13-7-4-3-5-8-13/h6,9-10,12-13H,3-5,7-8,11H2,1-2H3. The van der Waals surface area contributed by atoms with Crippen molar-refractivity contribution < 1.29 is 9.21 Å². The van der Waals surface area contributed by atoms with Crippen molar-refractivity contribution in [1.82, 2.24) is 4.90 Å². The second kappa shape index (κ2) is 7.04. The van der Waals surface area contributed by atoms with E-state index in [0.29, 0.717) is 6.04 Å². The van der Waals surface area contributed by atoms with E-state index in [1.165, 1.54) is 19.3 Å². The van der Waals surface area contributed by atoms with Crippen LogP contribution in [0.2, 0.25) is 0 Å². The normalized spacial score (nSPS) is 18.2. The molecule has 106 valence electrons. The Morgan fingerprint density at radius 1 is 1.47 bits per heavy atom. The molecule has 1 aliphatic rings. The molecule has 0 aliphatic heterocycles. The Morgan fingerprint density at radius 3 is 2.84 bits per heavy atom. The molecule has 0 spiro atoms. The van der Waals surface area contributed by atoms with Gasteiger partial charge < -0.3 is 9.32 Å². The van der Waals surface area contributed by atoms with Crippen molar-refractivity contribution >= 4 is 17.7 Å². The fourth-order valence-corrected chi connectivity index (χ4v) is 3.50. The molecule has 0 bridgehead atoms. The third kappa shape index (κ3) is 4.03. The Balaban J connectivity index is 1.80. The molecule has 1 atom stereocenters. The van der Waals surface area contributed by atoms with E-state index in [1.807, 2.05) is 31.0 Å². The first-order valence-electron chi connectivity index (χ1n) is 7.09. The number of rotatable bonds is 5. The Bertz CT molecular complexity index is 385. The smallest absolute Gasteiger partial charge is 0.235 e. The van der Waals surface area contributed by atoms with Crippen LogP contribution in [0.1, 0.15) is 44.8 Å².